The molecule has 30 heavy (non-hydrogen) atoms. The van der Waals surface area contributed by atoms with Gasteiger partial charge in [0.1, 0.15) is 12.4 Å². The van der Waals surface area contributed by atoms with E-state index >= 15 is 0 Å². The molecule has 0 bridgehead atoms. The van der Waals surface area contributed by atoms with Gasteiger partial charge in [-0.1, -0.05) is 6.07 Å². The maximum absolute atomic E-state index is 6.03. The average Bonchev–Trinajstić information content (AvgIpc) is 2.72. The second-order valence-corrected chi connectivity index (χ2v) is 7.71. The summed E-state index contributed by atoms with van der Waals surface area (Å²) in [5.74, 6) is 1.52. The van der Waals surface area contributed by atoms with Crippen molar-refractivity contribution in [2.24, 2.45) is 0 Å². The van der Waals surface area contributed by atoms with Crippen molar-refractivity contribution in [1.29, 1.82) is 0 Å². The van der Waals surface area contributed by atoms with Crippen molar-refractivity contribution in [2.45, 2.75) is 46.1 Å². The first kappa shape index (κ1) is 22.0. The molecule has 0 unspecified atom stereocenters. The Bertz CT molecular complexity index is 1020. The van der Waals surface area contributed by atoms with Gasteiger partial charge in [0.15, 0.2) is 0 Å². The fraction of sp³-hybridized carbons (Fsp3) is 0.391. The highest BCUT2D eigenvalue weighted by Gasteiger charge is 2.21. The van der Waals surface area contributed by atoms with E-state index < -0.39 is 0 Å². The Balaban J connectivity index is 0.00000256. The third kappa shape index (κ3) is 4.54. The second-order valence-electron chi connectivity index (χ2n) is 7.71. The van der Waals surface area contributed by atoms with Crippen LogP contribution in [-0.4, -0.2) is 34.0 Å². The van der Waals surface area contributed by atoms with E-state index in [0.29, 0.717) is 12.5 Å². The van der Waals surface area contributed by atoms with Crippen molar-refractivity contribution in [2.75, 3.05) is 19.0 Å². The molecule has 0 N–H and O–H groups in total. The SMILES string of the molecule is Cc1nc(C)c(N(C)C)nc1-c1cc(OCc2ccccn2)nc2c1CCCC2.Cl. The van der Waals surface area contributed by atoms with Gasteiger partial charge in [0.05, 0.1) is 22.8 Å². The summed E-state index contributed by atoms with van der Waals surface area (Å²) in [5.41, 5.74) is 7.18. The highest BCUT2D eigenvalue weighted by atomic mass is 35.5. The van der Waals surface area contributed by atoms with Crippen LogP contribution in [0.4, 0.5) is 5.82 Å². The smallest absolute Gasteiger partial charge is 0.214 e. The van der Waals surface area contributed by atoms with Crippen LogP contribution in [-0.2, 0) is 19.4 Å². The molecule has 3 aromatic heterocycles. The Morgan fingerprint density at radius 2 is 1.80 bits per heavy atom. The molecule has 6 nitrogen and oxygen atoms in total. The lowest BCUT2D eigenvalue weighted by Gasteiger charge is -2.22. The van der Waals surface area contributed by atoms with Gasteiger partial charge in [0.2, 0.25) is 5.88 Å². The van der Waals surface area contributed by atoms with Gasteiger partial charge in [-0.05, 0) is 57.2 Å². The van der Waals surface area contributed by atoms with E-state index in [2.05, 4.69) is 4.98 Å². The van der Waals surface area contributed by atoms with Crippen LogP contribution in [0.3, 0.4) is 0 Å². The molecule has 0 saturated carbocycles. The number of ether oxygens (including phenoxy) is 1. The molecule has 3 aromatic rings. The molecule has 0 spiro atoms. The van der Waals surface area contributed by atoms with Crippen molar-refractivity contribution in [1.82, 2.24) is 19.9 Å². The van der Waals surface area contributed by atoms with Crippen LogP contribution >= 0.6 is 12.4 Å². The minimum Gasteiger partial charge on any atom is -0.471 e. The van der Waals surface area contributed by atoms with E-state index in [1.807, 2.05) is 57.1 Å². The molecule has 0 atom stereocenters. The molecule has 0 fully saturated rings. The average molecular weight is 426 g/mol. The number of hydrogen-bond acceptors (Lipinski definition) is 6. The summed E-state index contributed by atoms with van der Waals surface area (Å²) in [7, 11) is 4.00. The van der Waals surface area contributed by atoms with Gasteiger partial charge in [-0.25, -0.2) is 9.97 Å². The molecular formula is C23H28ClN5O. The first-order valence-corrected chi connectivity index (χ1v) is 10.1. The van der Waals surface area contributed by atoms with Crippen LogP contribution in [0, 0.1) is 13.8 Å². The standard InChI is InChI=1S/C23H27N5O.ClH/c1-15-22(27-23(28(3)4)16(2)25-15)19-13-21(26-20-11-6-5-10-18(19)20)29-14-17-9-7-8-12-24-17;/h7-9,12-13H,5-6,10-11,14H2,1-4H3;1H. The zero-order valence-electron chi connectivity index (χ0n) is 18.0. The van der Waals surface area contributed by atoms with Gasteiger partial charge < -0.3 is 9.64 Å². The number of anilines is 1. The third-order valence-electron chi connectivity index (χ3n) is 5.27. The summed E-state index contributed by atoms with van der Waals surface area (Å²) in [4.78, 5) is 20.9. The lowest BCUT2D eigenvalue weighted by molar-refractivity contribution is 0.288. The molecule has 1 aliphatic rings. The van der Waals surface area contributed by atoms with E-state index in [9.17, 15) is 0 Å². The summed E-state index contributed by atoms with van der Waals surface area (Å²) in [6.07, 6.45) is 6.10. The number of rotatable bonds is 5. The van der Waals surface area contributed by atoms with Crippen molar-refractivity contribution in [3.63, 3.8) is 0 Å². The zero-order valence-corrected chi connectivity index (χ0v) is 18.8. The van der Waals surface area contributed by atoms with Crippen LogP contribution < -0.4 is 9.64 Å². The molecule has 0 aromatic carbocycles. The van der Waals surface area contributed by atoms with Crippen LogP contribution in [0.2, 0.25) is 0 Å². The molecule has 158 valence electrons. The van der Waals surface area contributed by atoms with E-state index in [-0.39, 0.29) is 12.4 Å². The van der Waals surface area contributed by atoms with Crippen molar-refractivity contribution >= 4 is 18.2 Å². The lowest BCUT2D eigenvalue weighted by atomic mass is 9.90. The Hall–Kier alpha value is -2.73. The maximum atomic E-state index is 6.03. The lowest BCUT2D eigenvalue weighted by Crippen LogP contribution is -2.15. The fourth-order valence-corrected chi connectivity index (χ4v) is 3.90. The Morgan fingerprint density at radius 1 is 1.00 bits per heavy atom. The zero-order chi connectivity index (χ0) is 20.4. The third-order valence-corrected chi connectivity index (χ3v) is 5.27. The predicted octanol–water partition coefficient (Wildman–Crippen LogP) is 4.50. The normalized spacial score (nSPS) is 12.7. The van der Waals surface area contributed by atoms with Crippen LogP contribution in [0.1, 0.15) is 41.2 Å². The van der Waals surface area contributed by atoms with Crippen LogP contribution in [0.25, 0.3) is 11.3 Å². The topological polar surface area (TPSA) is 64.0 Å². The molecule has 7 heteroatoms. The van der Waals surface area contributed by atoms with Crippen molar-refractivity contribution in [3.8, 4) is 17.1 Å². The number of pyridine rings is 2. The Kier molecular flexibility index (Phi) is 6.87. The molecule has 0 saturated heterocycles. The van der Waals surface area contributed by atoms with Gasteiger partial charge in [-0.3, -0.25) is 9.97 Å². The number of aryl methyl sites for hydroxylation is 3. The summed E-state index contributed by atoms with van der Waals surface area (Å²) >= 11 is 0. The molecule has 1 aliphatic carbocycles. The van der Waals surface area contributed by atoms with Crippen LogP contribution in [0.5, 0.6) is 5.88 Å². The number of halogens is 1. The summed E-state index contributed by atoms with van der Waals surface area (Å²) in [6, 6.07) is 7.85. The molecule has 3 heterocycles. The monoisotopic (exact) mass is 425 g/mol. The first-order valence-electron chi connectivity index (χ1n) is 10.1. The Morgan fingerprint density at radius 3 is 2.53 bits per heavy atom. The molecule has 0 amide bonds. The predicted molar refractivity (Wildman–Crippen MR) is 122 cm³/mol. The van der Waals surface area contributed by atoms with Crippen LogP contribution in [0.15, 0.2) is 30.5 Å². The highest BCUT2D eigenvalue weighted by molar-refractivity contribution is 5.85. The number of aromatic nitrogens is 4. The summed E-state index contributed by atoms with van der Waals surface area (Å²) < 4.78 is 6.03. The minimum atomic E-state index is 0. The molecule has 4 rings (SSSR count). The van der Waals surface area contributed by atoms with E-state index in [4.69, 9.17) is 19.7 Å². The number of fused-ring (bicyclic) bond motifs is 1. The number of hydrogen-bond donors (Lipinski definition) is 0. The highest BCUT2D eigenvalue weighted by Crippen LogP contribution is 2.35. The molecule has 0 radical (unpaired) electrons. The minimum absolute atomic E-state index is 0. The van der Waals surface area contributed by atoms with E-state index in [0.717, 1.165) is 59.1 Å². The van der Waals surface area contributed by atoms with Gasteiger partial charge in [-0.2, -0.15) is 0 Å². The van der Waals surface area contributed by atoms with Gasteiger partial charge >= 0.3 is 0 Å². The van der Waals surface area contributed by atoms with Crippen molar-refractivity contribution < 1.29 is 4.74 Å². The van der Waals surface area contributed by atoms with E-state index in [1.165, 1.54) is 12.0 Å². The van der Waals surface area contributed by atoms with Gasteiger partial charge in [0, 0.05) is 37.6 Å². The fourth-order valence-electron chi connectivity index (χ4n) is 3.90. The van der Waals surface area contributed by atoms with E-state index in [1.54, 1.807) is 6.20 Å². The first-order chi connectivity index (χ1) is 14.0. The quantitative estimate of drug-likeness (QED) is 0.599. The second kappa shape index (κ2) is 9.39. The number of nitrogens with zero attached hydrogens (tertiary/aromatic N) is 5. The molecular weight excluding hydrogens is 398 g/mol. The van der Waals surface area contributed by atoms with Gasteiger partial charge in [0.25, 0.3) is 0 Å². The molecule has 0 aliphatic heterocycles. The Labute approximate surface area is 184 Å². The summed E-state index contributed by atoms with van der Waals surface area (Å²) in [5, 5.41) is 0. The summed E-state index contributed by atoms with van der Waals surface area (Å²) in [6.45, 7) is 4.43. The van der Waals surface area contributed by atoms with Gasteiger partial charge in [-0.15, -0.1) is 12.4 Å². The van der Waals surface area contributed by atoms with Crippen molar-refractivity contribution in [3.05, 3.63) is 58.8 Å². The largest absolute Gasteiger partial charge is 0.471 e. The maximum Gasteiger partial charge on any atom is 0.214 e.